The maximum absolute atomic E-state index is 13.9. The highest BCUT2D eigenvalue weighted by molar-refractivity contribution is 6.12. The first-order valence-corrected chi connectivity index (χ1v) is 7.81. The summed E-state index contributed by atoms with van der Waals surface area (Å²) >= 11 is 0. The first-order chi connectivity index (χ1) is 12.0. The fraction of sp³-hybridized carbons (Fsp3) is 0.263. The predicted molar refractivity (Wildman–Crippen MR) is 88.2 cm³/mol. The van der Waals surface area contributed by atoms with Crippen molar-refractivity contribution in [3.8, 4) is 0 Å². The van der Waals surface area contributed by atoms with E-state index in [0.717, 1.165) is 12.7 Å². The Morgan fingerprint density at radius 2 is 1.80 bits per heavy atom. The van der Waals surface area contributed by atoms with E-state index >= 15 is 0 Å². The molecule has 6 heteroatoms. The number of hydrogen-bond donors (Lipinski definition) is 0. The molecule has 1 amide bonds. The second-order valence-electron chi connectivity index (χ2n) is 5.95. The molecule has 0 fully saturated rings. The monoisotopic (exact) mass is 345 g/mol. The van der Waals surface area contributed by atoms with Crippen LogP contribution in [0.25, 0.3) is 0 Å². The van der Waals surface area contributed by atoms with Crippen LogP contribution in [0.15, 0.2) is 54.6 Å². The lowest BCUT2D eigenvalue weighted by atomic mass is 9.76. The lowest BCUT2D eigenvalue weighted by Gasteiger charge is -2.40. The quantitative estimate of drug-likeness (QED) is 0.631. The lowest BCUT2D eigenvalue weighted by Crippen LogP contribution is -2.57. The standard InChI is InChI=1S/C19H17F2NO3/c1-25-18(24)19(16(20)21)11-14-9-5-6-10-15(14)22(17(19)23)12-13-7-3-2-4-8-13/h2-10,16H,11-12H2,1H3. The molecule has 0 N–H and O–H groups in total. The van der Waals surface area contributed by atoms with Crippen LogP contribution < -0.4 is 4.90 Å². The van der Waals surface area contributed by atoms with Gasteiger partial charge in [0.2, 0.25) is 5.41 Å². The molecule has 0 aromatic heterocycles. The van der Waals surface area contributed by atoms with Crippen molar-refractivity contribution < 1.29 is 23.1 Å². The molecule has 2 aromatic rings. The second-order valence-corrected chi connectivity index (χ2v) is 5.95. The van der Waals surface area contributed by atoms with Gasteiger partial charge in [0.1, 0.15) is 0 Å². The molecule has 0 saturated carbocycles. The SMILES string of the molecule is COC(=O)C1(C(F)F)Cc2ccccc2N(Cc2ccccc2)C1=O. The van der Waals surface area contributed by atoms with Crippen molar-refractivity contribution in [2.45, 2.75) is 19.4 Å². The van der Waals surface area contributed by atoms with Crippen molar-refractivity contribution in [3.63, 3.8) is 0 Å². The van der Waals surface area contributed by atoms with Crippen molar-refractivity contribution >= 4 is 17.6 Å². The normalized spacial score (nSPS) is 19.7. The maximum atomic E-state index is 13.9. The number of carbonyl (C=O) groups excluding carboxylic acids is 2. The molecule has 0 bridgehead atoms. The molecule has 130 valence electrons. The summed E-state index contributed by atoms with van der Waals surface area (Å²) in [5, 5.41) is 0. The second kappa shape index (κ2) is 6.63. The highest BCUT2D eigenvalue weighted by atomic mass is 19.3. The molecule has 0 spiro atoms. The summed E-state index contributed by atoms with van der Waals surface area (Å²) in [5.41, 5.74) is -0.682. The number of anilines is 1. The van der Waals surface area contributed by atoms with Gasteiger partial charge in [-0.15, -0.1) is 0 Å². The highest BCUT2D eigenvalue weighted by Crippen LogP contribution is 2.43. The van der Waals surface area contributed by atoms with Crippen molar-refractivity contribution in [3.05, 3.63) is 65.7 Å². The number of esters is 1. The van der Waals surface area contributed by atoms with Crippen LogP contribution in [0.4, 0.5) is 14.5 Å². The van der Waals surface area contributed by atoms with Gasteiger partial charge in [-0.25, -0.2) is 8.78 Å². The molecular weight excluding hydrogens is 328 g/mol. The zero-order valence-electron chi connectivity index (χ0n) is 13.6. The van der Waals surface area contributed by atoms with Crippen LogP contribution in [0.5, 0.6) is 0 Å². The van der Waals surface area contributed by atoms with E-state index in [2.05, 4.69) is 4.74 Å². The Morgan fingerprint density at radius 1 is 1.16 bits per heavy atom. The largest absolute Gasteiger partial charge is 0.468 e. The molecule has 0 aliphatic carbocycles. The van der Waals surface area contributed by atoms with Gasteiger partial charge in [-0.1, -0.05) is 48.5 Å². The molecule has 0 saturated heterocycles. The summed E-state index contributed by atoms with van der Waals surface area (Å²) in [6.45, 7) is 0.0994. The van der Waals surface area contributed by atoms with Crippen molar-refractivity contribution in [2.75, 3.05) is 12.0 Å². The van der Waals surface area contributed by atoms with Gasteiger partial charge in [-0.3, -0.25) is 9.59 Å². The average Bonchev–Trinajstić information content (AvgIpc) is 2.63. The Bertz CT molecular complexity index is 794. The van der Waals surface area contributed by atoms with E-state index in [-0.39, 0.29) is 13.0 Å². The molecule has 1 unspecified atom stereocenters. The minimum Gasteiger partial charge on any atom is -0.468 e. The minimum atomic E-state index is -3.17. The van der Waals surface area contributed by atoms with E-state index in [1.54, 1.807) is 48.5 Å². The Balaban J connectivity index is 2.12. The summed E-state index contributed by atoms with van der Waals surface area (Å²) in [5.74, 6) is -2.14. The number of carbonyl (C=O) groups is 2. The Morgan fingerprint density at radius 3 is 2.44 bits per heavy atom. The average molecular weight is 345 g/mol. The van der Waals surface area contributed by atoms with Gasteiger partial charge in [-0.2, -0.15) is 0 Å². The molecule has 4 nitrogen and oxygen atoms in total. The van der Waals surface area contributed by atoms with E-state index in [0.29, 0.717) is 11.3 Å². The van der Waals surface area contributed by atoms with Gasteiger partial charge < -0.3 is 9.64 Å². The van der Waals surface area contributed by atoms with E-state index < -0.39 is 23.7 Å². The Kier molecular flexibility index (Phi) is 4.53. The van der Waals surface area contributed by atoms with Gasteiger partial charge in [0.25, 0.3) is 12.3 Å². The molecule has 25 heavy (non-hydrogen) atoms. The lowest BCUT2D eigenvalue weighted by molar-refractivity contribution is -0.169. The molecule has 0 radical (unpaired) electrons. The van der Waals surface area contributed by atoms with Crippen molar-refractivity contribution in [1.29, 1.82) is 0 Å². The number of alkyl halides is 2. The fourth-order valence-corrected chi connectivity index (χ4v) is 3.17. The number of benzene rings is 2. The van der Waals surface area contributed by atoms with E-state index in [4.69, 9.17) is 0 Å². The smallest absolute Gasteiger partial charge is 0.327 e. The van der Waals surface area contributed by atoms with E-state index in [1.807, 2.05) is 6.07 Å². The topological polar surface area (TPSA) is 46.6 Å². The summed E-state index contributed by atoms with van der Waals surface area (Å²) in [6, 6.07) is 15.8. The molecule has 2 aromatic carbocycles. The summed E-state index contributed by atoms with van der Waals surface area (Å²) in [7, 11) is 1.02. The van der Waals surface area contributed by atoms with Gasteiger partial charge in [-0.05, 0) is 17.2 Å². The highest BCUT2D eigenvalue weighted by Gasteiger charge is 2.59. The first kappa shape index (κ1) is 17.1. The number of rotatable bonds is 4. The van der Waals surface area contributed by atoms with Gasteiger partial charge in [0.15, 0.2) is 0 Å². The minimum absolute atomic E-state index is 0.0994. The summed E-state index contributed by atoms with van der Waals surface area (Å²) in [4.78, 5) is 26.4. The third-order valence-corrected chi connectivity index (χ3v) is 4.48. The summed E-state index contributed by atoms with van der Waals surface area (Å²) in [6.07, 6.45) is -3.54. The number of amides is 1. The first-order valence-electron chi connectivity index (χ1n) is 7.81. The van der Waals surface area contributed by atoms with Crippen LogP contribution >= 0.6 is 0 Å². The van der Waals surface area contributed by atoms with E-state index in [1.165, 1.54) is 4.90 Å². The number of methoxy groups -OCH3 is 1. The predicted octanol–water partition coefficient (Wildman–Crippen LogP) is 3.20. The number of para-hydroxylation sites is 1. The van der Waals surface area contributed by atoms with Crippen LogP contribution in [-0.4, -0.2) is 25.4 Å². The van der Waals surface area contributed by atoms with Crippen LogP contribution in [0, 0.1) is 5.41 Å². The molecule has 1 aliphatic rings. The number of nitrogens with zero attached hydrogens (tertiary/aromatic N) is 1. The zero-order chi connectivity index (χ0) is 18.0. The van der Waals surface area contributed by atoms with Crippen LogP contribution in [0.1, 0.15) is 11.1 Å². The van der Waals surface area contributed by atoms with Crippen molar-refractivity contribution in [2.24, 2.45) is 5.41 Å². The number of halogens is 2. The maximum Gasteiger partial charge on any atom is 0.327 e. The fourth-order valence-electron chi connectivity index (χ4n) is 3.17. The van der Waals surface area contributed by atoms with Gasteiger partial charge in [0.05, 0.1) is 13.7 Å². The van der Waals surface area contributed by atoms with Crippen molar-refractivity contribution in [1.82, 2.24) is 0 Å². The third kappa shape index (κ3) is 2.77. The van der Waals surface area contributed by atoms with Crippen LogP contribution in [0.2, 0.25) is 0 Å². The van der Waals surface area contributed by atoms with Crippen LogP contribution in [0.3, 0.4) is 0 Å². The zero-order valence-corrected chi connectivity index (χ0v) is 13.6. The van der Waals surface area contributed by atoms with Gasteiger partial charge >= 0.3 is 5.97 Å². The molecule has 1 atom stereocenters. The number of ether oxygens (including phenoxy) is 1. The third-order valence-electron chi connectivity index (χ3n) is 4.48. The molecule has 1 heterocycles. The molecular formula is C19H17F2NO3. The molecule has 1 aliphatic heterocycles. The Labute approximate surface area is 144 Å². The molecule has 3 rings (SSSR count). The number of hydrogen-bond acceptors (Lipinski definition) is 3. The number of fused-ring (bicyclic) bond motifs is 1. The van der Waals surface area contributed by atoms with Gasteiger partial charge in [0, 0.05) is 12.1 Å². The van der Waals surface area contributed by atoms with Crippen LogP contribution in [-0.2, 0) is 27.3 Å². The van der Waals surface area contributed by atoms with E-state index in [9.17, 15) is 18.4 Å². The summed E-state index contributed by atoms with van der Waals surface area (Å²) < 4.78 is 32.4. The Hall–Kier alpha value is -2.76.